The van der Waals surface area contributed by atoms with Gasteiger partial charge in [0.15, 0.2) is 0 Å². The van der Waals surface area contributed by atoms with Gasteiger partial charge in [0.2, 0.25) is 5.91 Å². The van der Waals surface area contributed by atoms with E-state index in [1.165, 1.54) is 19.3 Å². The van der Waals surface area contributed by atoms with Gasteiger partial charge >= 0.3 is 0 Å². The SMILES string of the molecule is CC1CCC(C)N(C(=O)C2(C(N)=S)CCCCCC2)C1. The molecule has 114 valence electrons. The van der Waals surface area contributed by atoms with Crippen molar-refractivity contribution in [1.29, 1.82) is 0 Å². The first-order chi connectivity index (χ1) is 9.47. The topological polar surface area (TPSA) is 46.3 Å². The molecule has 3 nitrogen and oxygen atoms in total. The Bertz CT molecular complexity index is 375. The molecular formula is C16H28N2OS. The lowest BCUT2D eigenvalue weighted by Crippen LogP contribution is -2.55. The lowest BCUT2D eigenvalue weighted by molar-refractivity contribution is -0.143. The molecule has 0 spiro atoms. The summed E-state index contributed by atoms with van der Waals surface area (Å²) in [5.41, 5.74) is 5.48. The third-order valence-corrected chi connectivity index (χ3v) is 5.61. The third kappa shape index (κ3) is 3.00. The average Bonchev–Trinajstić information content (AvgIpc) is 2.67. The van der Waals surface area contributed by atoms with E-state index < -0.39 is 5.41 Å². The van der Waals surface area contributed by atoms with Crippen LogP contribution in [-0.2, 0) is 4.79 Å². The summed E-state index contributed by atoms with van der Waals surface area (Å²) in [6, 6.07) is 0.327. The van der Waals surface area contributed by atoms with Crippen LogP contribution in [-0.4, -0.2) is 28.4 Å². The third-order valence-electron chi connectivity index (χ3n) is 5.22. The van der Waals surface area contributed by atoms with Crippen molar-refractivity contribution in [1.82, 2.24) is 4.90 Å². The van der Waals surface area contributed by atoms with Crippen molar-refractivity contribution in [3.8, 4) is 0 Å². The van der Waals surface area contributed by atoms with E-state index >= 15 is 0 Å². The van der Waals surface area contributed by atoms with Gasteiger partial charge in [-0.15, -0.1) is 0 Å². The molecule has 0 aromatic heterocycles. The number of rotatable bonds is 2. The minimum Gasteiger partial charge on any atom is -0.392 e. The maximum atomic E-state index is 13.2. The van der Waals surface area contributed by atoms with Crippen LogP contribution in [0.2, 0.25) is 0 Å². The largest absolute Gasteiger partial charge is 0.392 e. The minimum atomic E-state index is -0.558. The van der Waals surface area contributed by atoms with Crippen LogP contribution in [0.1, 0.15) is 65.2 Å². The molecule has 4 heteroatoms. The number of carbonyl (C=O) groups excluding carboxylic acids is 1. The van der Waals surface area contributed by atoms with Crippen molar-refractivity contribution in [3.05, 3.63) is 0 Å². The zero-order valence-corrected chi connectivity index (χ0v) is 13.7. The highest BCUT2D eigenvalue weighted by Crippen LogP contribution is 2.39. The fourth-order valence-electron chi connectivity index (χ4n) is 3.74. The van der Waals surface area contributed by atoms with Crippen molar-refractivity contribution in [2.24, 2.45) is 17.1 Å². The standard InChI is InChI=1S/C16H28N2OS/c1-12-7-8-13(2)18(11-12)15(19)16(14(17)20)9-5-3-4-6-10-16/h12-13H,3-11H2,1-2H3,(H2,17,20). The van der Waals surface area contributed by atoms with Gasteiger partial charge in [0.05, 0.1) is 10.4 Å². The zero-order chi connectivity index (χ0) is 14.8. The Balaban J connectivity index is 2.23. The molecular weight excluding hydrogens is 268 g/mol. The van der Waals surface area contributed by atoms with Crippen LogP contribution in [0.5, 0.6) is 0 Å². The highest BCUT2D eigenvalue weighted by molar-refractivity contribution is 7.80. The van der Waals surface area contributed by atoms with E-state index in [1.807, 2.05) is 0 Å². The monoisotopic (exact) mass is 296 g/mol. The Labute approximate surface area is 128 Å². The summed E-state index contributed by atoms with van der Waals surface area (Å²) in [7, 11) is 0. The quantitative estimate of drug-likeness (QED) is 0.628. The normalized spacial score (nSPS) is 30.6. The Hall–Kier alpha value is -0.640. The number of amides is 1. The van der Waals surface area contributed by atoms with E-state index in [0.717, 1.165) is 38.6 Å². The van der Waals surface area contributed by atoms with Crippen LogP contribution >= 0.6 is 12.2 Å². The van der Waals surface area contributed by atoms with Gasteiger partial charge in [-0.05, 0) is 38.5 Å². The van der Waals surface area contributed by atoms with Gasteiger partial charge in [0, 0.05) is 12.6 Å². The molecule has 2 rings (SSSR count). The van der Waals surface area contributed by atoms with Gasteiger partial charge in [-0.25, -0.2) is 0 Å². The van der Waals surface area contributed by atoms with Crippen LogP contribution in [0.4, 0.5) is 0 Å². The van der Waals surface area contributed by atoms with Crippen molar-refractivity contribution in [2.45, 2.75) is 71.3 Å². The number of carbonyl (C=O) groups is 1. The average molecular weight is 296 g/mol. The van der Waals surface area contributed by atoms with Crippen molar-refractivity contribution < 1.29 is 4.79 Å². The lowest BCUT2D eigenvalue weighted by atomic mass is 9.77. The van der Waals surface area contributed by atoms with E-state index in [1.54, 1.807) is 0 Å². The minimum absolute atomic E-state index is 0.214. The highest BCUT2D eigenvalue weighted by Gasteiger charge is 2.45. The van der Waals surface area contributed by atoms with Gasteiger partial charge in [-0.2, -0.15) is 0 Å². The van der Waals surface area contributed by atoms with Crippen LogP contribution in [0.25, 0.3) is 0 Å². The molecule has 1 amide bonds. The molecule has 2 unspecified atom stereocenters. The van der Waals surface area contributed by atoms with E-state index in [2.05, 4.69) is 18.7 Å². The predicted octanol–water partition coefficient (Wildman–Crippen LogP) is 3.26. The first-order valence-corrected chi connectivity index (χ1v) is 8.49. The fraction of sp³-hybridized carbons (Fsp3) is 0.875. The Kier molecular flexibility index (Phi) is 5.05. The summed E-state index contributed by atoms with van der Waals surface area (Å²) >= 11 is 5.33. The molecule has 2 aliphatic rings. The first-order valence-electron chi connectivity index (χ1n) is 8.08. The van der Waals surface area contributed by atoms with E-state index in [4.69, 9.17) is 18.0 Å². The summed E-state index contributed by atoms with van der Waals surface area (Å²) in [6.07, 6.45) is 8.54. The highest BCUT2D eigenvalue weighted by atomic mass is 32.1. The summed E-state index contributed by atoms with van der Waals surface area (Å²) in [6.45, 7) is 5.25. The second kappa shape index (κ2) is 6.42. The van der Waals surface area contributed by atoms with Crippen LogP contribution in [0.15, 0.2) is 0 Å². The molecule has 20 heavy (non-hydrogen) atoms. The maximum absolute atomic E-state index is 13.2. The maximum Gasteiger partial charge on any atom is 0.235 e. The Morgan fingerprint density at radius 2 is 1.75 bits per heavy atom. The summed E-state index contributed by atoms with van der Waals surface area (Å²) in [5.74, 6) is 0.801. The van der Waals surface area contributed by atoms with Crippen molar-refractivity contribution in [2.75, 3.05) is 6.54 Å². The predicted molar refractivity (Wildman–Crippen MR) is 86.5 cm³/mol. The van der Waals surface area contributed by atoms with Crippen LogP contribution < -0.4 is 5.73 Å². The molecule has 1 aliphatic heterocycles. The van der Waals surface area contributed by atoms with Gasteiger partial charge in [-0.1, -0.05) is 44.8 Å². The molecule has 1 aliphatic carbocycles. The molecule has 1 saturated carbocycles. The number of nitrogens with zero attached hydrogens (tertiary/aromatic N) is 1. The second-order valence-electron chi connectivity index (χ2n) is 6.85. The van der Waals surface area contributed by atoms with Crippen LogP contribution in [0.3, 0.4) is 0 Å². The van der Waals surface area contributed by atoms with E-state index in [-0.39, 0.29) is 5.91 Å². The van der Waals surface area contributed by atoms with Gasteiger partial charge < -0.3 is 10.6 Å². The molecule has 1 heterocycles. The van der Waals surface area contributed by atoms with E-state index in [9.17, 15) is 4.79 Å². The van der Waals surface area contributed by atoms with Gasteiger partial charge in [0.1, 0.15) is 0 Å². The van der Waals surface area contributed by atoms with E-state index in [0.29, 0.717) is 16.9 Å². The Morgan fingerprint density at radius 1 is 1.15 bits per heavy atom. The second-order valence-corrected chi connectivity index (χ2v) is 7.29. The smallest absolute Gasteiger partial charge is 0.235 e. The van der Waals surface area contributed by atoms with Gasteiger partial charge in [-0.3, -0.25) is 4.79 Å². The molecule has 2 atom stereocenters. The summed E-state index contributed by atoms with van der Waals surface area (Å²) < 4.78 is 0. The van der Waals surface area contributed by atoms with Crippen molar-refractivity contribution in [3.63, 3.8) is 0 Å². The number of hydrogen-bond donors (Lipinski definition) is 1. The number of likely N-dealkylation sites (tertiary alicyclic amines) is 1. The number of hydrogen-bond acceptors (Lipinski definition) is 2. The first kappa shape index (κ1) is 15.7. The Morgan fingerprint density at radius 3 is 2.30 bits per heavy atom. The zero-order valence-electron chi connectivity index (χ0n) is 12.9. The number of nitrogens with two attached hydrogens (primary N) is 1. The lowest BCUT2D eigenvalue weighted by Gasteiger charge is -2.43. The fourth-order valence-corrected chi connectivity index (χ4v) is 4.04. The van der Waals surface area contributed by atoms with Gasteiger partial charge in [0.25, 0.3) is 0 Å². The molecule has 0 bridgehead atoms. The molecule has 0 aromatic carbocycles. The van der Waals surface area contributed by atoms with Crippen molar-refractivity contribution >= 4 is 23.1 Å². The molecule has 1 saturated heterocycles. The molecule has 2 N–H and O–H groups in total. The molecule has 0 aromatic rings. The number of thiocarbonyl (C=S) groups is 1. The molecule has 2 fully saturated rings. The van der Waals surface area contributed by atoms with Crippen LogP contribution in [0, 0.1) is 11.3 Å². The summed E-state index contributed by atoms with van der Waals surface area (Å²) in [5, 5.41) is 0. The summed E-state index contributed by atoms with van der Waals surface area (Å²) in [4.78, 5) is 15.7. The number of piperidine rings is 1. The molecule has 0 radical (unpaired) electrons.